The first-order valence-electron chi connectivity index (χ1n) is 9.45. The zero-order valence-electron chi connectivity index (χ0n) is 16.8. The quantitative estimate of drug-likeness (QED) is 0.506. The molecule has 2 aromatic carbocycles. The minimum Gasteiger partial charge on any atom is -0.444 e. The molecular formula is C22H30N4O2. The van der Waals surface area contributed by atoms with E-state index in [0.29, 0.717) is 19.0 Å². The van der Waals surface area contributed by atoms with Gasteiger partial charge in [-0.3, -0.25) is 4.99 Å². The average Bonchev–Trinajstić information content (AvgIpc) is 2.65. The van der Waals surface area contributed by atoms with Gasteiger partial charge in [0.1, 0.15) is 5.60 Å². The molecule has 1 unspecified atom stereocenters. The topological polar surface area (TPSA) is 88.7 Å². The molecule has 1 atom stereocenters. The summed E-state index contributed by atoms with van der Waals surface area (Å²) in [6.45, 7) is 6.49. The molecule has 0 aromatic heterocycles. The second kappa shape index (κ2) is 10.3. The molecule has 0 fully saturated rings. The summed E-state index contributed by atoms with van der Waals surface area (Å²) in [6.07, 6.45) is 0.377. The lowest BCUT2D eigenvalue weighted by atomic mass is 10.1. The highest BCUT2D eigenvalue weighted by atomic mass is 16.6. The van der Waals surface area contributed by atoms with Gasteiger partial charge in [0.2, 0.25) is 0 Å². The maximum Gasteiger partial charge on any atom is 0.408 e. The molecule has 28 heavy (non-hydrogen) atoms. The normalized spacial score (nSPS) is 12.9. The summed E-state index contributed by atoms with van der Waals surface area (Å²) in [5.74, 6) is 0.350. The lowest BCUT2D eigenvalue weighted by Gasteiger charge is -2.23. The Bertz CT molecular complexity index is 755. The standard InChI is InChI=1S/C22H30N4O2/c1-22(2,3)28-21(27)26-19(18-12-8-5-9-13-18)16-25-20(23)24-15-14-17-10-6-4-7-11-17/h4-13,19H,14-16H2,1-3H3,(H,26,27)(H3,23,24,25). The van der Waals surface area contributed by atoms with Crippen molar-refractivity contribution in [2.75, 3.05) is 13.1 Å². The predicted octanol–water partition coefficient (Wildman–Crippen LogP) is 3.40. The molecule has 0 aliphatic heterocycles. The van der Waals surface area contributed by atoms with E-state index in [0.717, 1.165) is 12.0 Å². The Kier molecular flexibility index (Phi) is 7.87. The molecule has 4 N–H and O–H groups in total. The van der Waals surface area contributed by atoms with Crippen LogP contribution in [0, 0.1) is 0 Å². The lowest BCUT2D eigenvalue weighted by molar-refractivity contribution is 0.0505. The summed E-state index contributed by atoms with van der Waals surface area (Å²) in [6, 6.07) is 19.5. The first-order valence-corrected chi connectivity index (χ1v) is 9.45. The zero-order valence-corrected chi connectivity index (χ0v) is 16.8. The summed E-state index contributed by atoms with van der Waals surface area (Å²) in [7, 11) is 0. The van der Waals surface area contributed by atoms with Gasteiger partial charge in [0.15, 0.2) is 5.96 Å². The van der Waals surface area contributed by atoms with Crippen LogP contribution in [0.15, 0.2) is 65.7 Å². The number of nitrogens with zero attached hydrogens (tertiary/aromatic N) is 1. The molecule has 0 saturated carbocycles. The minimum atomic E-state index is -0.563. The molecule has 0 aliphatic rings. The number of nitrogens with one attached hydrogen (secondary N) is 2. The molecule has 2 aromatic rings. The average molecular weight is 383 g/mol. The van der Waals surface area contributed by atoms with Gasteiger partial charge in [-0.25, -0.2) is 4.79 Å². The summed E-state index contributed by atoms with van der Waals surface area (Å²) < 4.78 is 5.36. The maximum atomic E-state index is 12.2. The van der Waals surface area contributed by atoms with Crippen LogP contribution >= 0.6 is 0 Å². The number of amides is 1. The molecule has 0 spiro atoms. The molecule has 0 heterocycles. The van der Waals surface area contributed by atoms with Crippen molar-refractivity contribution in [2.24, 2.45) is 10.7 Å². The van der Waals surface area contributed by atoms with Crippen molar-refractivity contribution in [1.29, 1.82) is 0 Å². The van der Waals surface area contributed by atoms with Gasteiger partial charge in [0, 0.05) is 6.54 Å². The van der Waals surface area contributed by atoms with E-state index < -0.39 is 11.7 Å². The Morgan fingerprint density at radius 1 is 1.07 bits per heavy atom. The number of benzene rings is 2. The van der Waals surface area contributed by atoms with Gasteiger partial charge in [-0.15, -0.1) is 0 Å². The van der Waals surface area contributed by atoms with E-state index in [1.54, 1.807) is 0 Å². The third kappa shape index (κ3) is 8.12. The van der Waals surface area contributed by atoms with Crippen LogP contribution in [0.4, 0.5) is 4.79 Å². The Morgan fingerprint density at radius 3 is 2.29 bits per heavy atom. The number of nitrogens with two attached hydrogens (primary N) is 1. The van der Waals surface area contributed by atoms with Crippen molar-refractivity contribution in [3.63, 3.8) is 0 Å². The van der Waals surface area contributed by atoms with Gasteiger partial charge in [0.25, 0.3) is 0 Å². The molecule has 1 amide bonds. The Morgan fingerprint density at radius 2 is 1.68 bits per heavy atom. The van der Waals surface area contributed by atoms with Crippen LogP contribution in [0.2, 0.25) is 0 Å². The Hall–Kier alpha value is -3.02. The van der Waals surface area contributed by atoms with Gasteiger partial charge in [-0.2, -0.15) is 0 Å². The molecule has 0 aliphatic carbocycles. The third-order valence-corrected chi connectivity index (χ3v) is 3.90. The number of rotatable bonds is 7. The number of hydrogen-bond acceptors (Lipinski definition) is 3. The first-order chi connectivity index (χ1) is 13.3. The van der Waals surface area contributed by atoms with Crippen LogP contribution in [-0.4, -0.2) is 30.7 Å². The van der Waals surface area contributed by atoms with Crippen molar-refractivity contribution in [3.05, 3.63) is 71.8 Å². The summed E-state index contributed by atoms with van der Waals surface area (Å²) in [4.78, 5) is 16.6. The van der Waals surface area contributed by atoms with E-state index in [4.69, 9.17) is 10.5 Å². The number of ether oxygens (including phenoxy) is 1. The number of hydrogen-bond donors (Lipinski definition) is 3. The van der Waals surface area contributed by atoms with Gasteiger partial charge >= 0.3 is 6.09 Å². The van der Waals surface area contributed by atoms with Crippen LogP contribution in [0.25, 0.3) is 0 Å². The van der Waals surface area contributed by atoms with Crippen molar-refractivity contribution >= 4 is 12.1 Å². The van der Waals surface area contributed by atoms with E-state index in [9.17, 15) is 4.79 Å². The van der Waals surface area contributed by atoms with E-state index in [1.165, 1.54) is 5.56 Å². The predicted molar refractivity (Wildman–Crippen MR) is 113 cm³/mol. The van der Waals surface area contributed by atoms with Crippen molar-refractivity contribution in [1.82, 2.24) is 10.6 Å². The van der Waals surface area contributed by atoms with E-state index in [2.05, 4.69) is 27.8 Å². The van der Waals surface area contributed by atoms with Crippen molar-refractivity contribution < 1.29 is 9.53 Å². The molecule has 0 saturated heterocycles. The summed E-state index contributed by atoms with van der Waals surface area (Å²) in [5, 5.41) is 5.99. The number of carbonyl (C=O) groups is 1. The molecular weight excluding hydrogens is 352 g/mol. The minimum absolute atomic E-state index is 0.313. The van der Waals surface area contributed by atoms with E-state index in [-0.39, 0.29) is 6.04 Å². The number of aliphatic imine (C=N–C) groups is 1. The number of guanidine groups is 1. The van der Waals surface area contributed by atoms with Crippen LogP contribution in [-0.2, 0) is 11.2 Å². The van der Waals surface area contributed by atoms with E-state index in [1.807, 2.05) is 69.3 Å². The summed E-state index contributed by atoms with van der Waals surface area (Å²) in [5.41, 5.74) is 7.60. The second-order valence-corrected chi connectivity index (χ2v) is 7.50. The highest BCUT2D eigenvalue weighted by molar-refractivity contribution is 5.78. The Labute approximate surface area is 167 Å². The molecule has 2 rings (SSSR count). The maximum absolute atomic E-state index is 12.2. The molecule has 0 bridgehead atoms. The molecule has 0 radical (unpaired) electrons. The Balaban J connectivity index is 1.93. The molecule has 6 nitrogen and oxygen atoms in total. The van der Waals surface area contributed by atoms with Crippen LogP contribution in [0.3, 0.4) is 0 Å². The molecule has 150 valence electrons. The SMILES string of the molecule is CC(C)(C)OC(=O)NC(CN=C(N)NCCc1ccccc1)c1ccccc1. The van der Waals surface area contributed by atoms with Gasteiger partial charge in [-0.1, -0.05) is 60.7 Å². The monoisotopic (exact) mass is 382 g/mol. The second-order valence-electron chi connectivity index (χ2n) is 7.50. The highest BCUT2D eigenvalue weighted by Gasteiger charge is 2.20. The highest BCUT2D eigenvalue weighted by Crippen LogP contribution is 2.15. The third-order valence-electron chi connectivity index (χ3n) is 3.90. The van der Waals surface area contributed by atoms with E-state index >= 15 is 0 Å². The van der Waals surface area contributed by atoms with Gasteiger partial charge in [0.05, 0.1) is 12.6 Å². The van der Waals surface area contributed by atoms with Crippen LogP contribution < -0.4 is 16.4 Å². The number of carbonyl (C=O) groups excluding carboxylic acids is 1. The van der Waals surface area contributed by atoms with Crippen LogP contribution in [0.1, 0.15) is 37.9 Å². The fourth-order valence-electron chi connectivity index (χ4n) is 2.59. The largest absolute Gasteiger partial charge is 0.444 e. The van der Waals surface area contributed by atoms with Crippen molar-refractivity contribution in [2.45, 2.75) is 38.8 Å². The van der Waals surface area contributed by atoms with Crippen molar-refractivity contribution in [3.8, 4) is 0 Å². The zero-order chi connectivity index (χ0) is 20.4. The first kappa shape index (κ1) is 21.3. The number of alkyl carbamates (subject to hydrolysis) is 1. The summed E-state index contributed by atoms with van der Waals surface area (Å²) >= 11 is 0. The van der Waals surface area contributed by atoms with Gasteiger partial charge in [-0.05, 0) is 38.3 Å². The lowest BCUT2D eigenvalue weighted by Crippen LogP contribution is -2.37. The van der Waals surface area contributed by atoms with Gasteiger partial charge < -0.3 is 21.1 Å². The molecule has 6 heteroatoms. The smallest absolute Gasteiger partial charge is 0.408 e. The fourth-order valence-corrected chi connectivity index (χ4v) is 2.59. The fraction of sp³-hybridized carbons (Fsp3) is 0.364. The van der Waals surface area contributed by atoms with Crippen LogP contribution in [0.5, 0.6) is 0 Å².